The summed E-state index contributed by atoms with van der Waals surface area (Å²) in [5.74, 6) is -0.502. The van der Waals surface area contributed by atoms with E-state index in [1.165, 1.54) is 18.9 Å². The Labute approximate surface area is 118 Å². The molecule has 0 atom stereocenters. The molecule has 0 saturated heterocycles. The number of benzene rings is 1. The van der Waals surface area contributed by atoms with Crippen molar-refractivity contribution >= 4 is 18.0 Å². The first kappa shape index (κ1) is 14.3. The first-order chi connectivity index (χ1) is 9.38. The molecular formula is C16H19NO3. The summed E-state index contributed by atoms with van der Waals surface area (Å²) in [5, 5.41) is 11.6. The normalized spacial score (nSPS) is 15.3. The maximum atomic E-state index is 12.1. The molecule has 2 rings (SSSR count). The van der Waals surface area contributed by atoms with E-state index in [1.54, 1.807) is 24.3 Å². The van der Waals surface area contributed by atoms with Gasteiger partial charge in [-0.2, -0.15) is 0 Å². The van der Waals surface area contributed by atoms with Crippen LogP contribution in [0.5, 0.6) is 0 Å². The van der Waals surface area contributed by atoms with Gasteiger partial charge < -0.3 is 10.4 Å². The first-order valence-corrected chi connectivity index (χ1v) is 6.72. The van der Waals surface area contributed by atoms with Crippen LogP contribution in [0.25, 0.3) is 6.08 Å². The maximum absolute atomic E-state index is 12.1. The number of carbonyl (C=O) groups excluding carboxylic acids is 1. The lowest BCUT2D eigenvalue weighted by Crippen LogP contribution is -2.45. The molecule has 0 heterocycles. The topological polar surface area (TPSA) is 66.4 Å². The van der Waals surface area contributed by atoms with E-state index < -0.39 is 5.97 Å². The smallest absolute Gasteiger partial charge is 0.328 e. The minimum Gasteiger partial charge on any atom is -0.478 e. The molecule has 1 aromatic rings. The van der Waals surface area contributed by atoms with Crippen molar-refractivity contribution in [3.05, 3.63) is 41.5 Å². The molecule has 1 aliphatic carbocycles. The number of nitrogens with one attached hydrogen (secondary N) is 1. The van der Waals surface area contributed by atoms with Crippen LogP contribution in [0.4, 0.5) is 0 Å². The lowest BCUT2D eigenvalue weighted by molar-refractivity contribution is -0.131. The van der Waals surface area contributed by atoms with Crippen LogP contribution in [0.2, 0.25) is 0 Å². The van der Waals surface area contributed by atoms with Gasteiger partial charge in [-0.1, -0.05) is 12.1 Å². The first-order valence-electron chi connectivity index (χ1n) is 6.72. The third kappa shape index (κ3) is 3.70. The fourth-order valence-corrected chi connectivity index (χ4v) is 2.18. The number of carbonyl (C=O) groups is 2. The minimum atomic E-state index is -0.988. The molecular weight excluding hydrogens is 254 g/mol. The molecule has 1 fully saturated rings. The van der Waals surface area contributed by atoms with Crippen LogP contribution in [0.1, 0.15) is 42.6 Å². The minimum absolute atomic E-state index is 0.0873. The molecule has 0 unspecified atom stereocenters. The molecule has 0 spiro atoms. The Hall–Kier alpha value is -2.10. The molecule has 4 heteroatoms. The highest BCUT2D eigenvalue weighted by Gasteiger charge is 2.38. The van der Waals surface area contributed by atoms with E-state index in [0.29, 0.717) is 11.5 Å². The van der Waals surface area contributed by atoms with Crippen LogP contribution in [0, 0.1) is 5.92 Å². The van der Waals surface area contributed by atoms with Crippen molar-refractivity contribution in [1.29, 1.82) is 0 Å². The van der Waals surface area contributed by atoms with Crippen molar-refractivity contribution in [3.8, 4) is 0 Å². The predicted molar refractivity (Wildman–Crippen MR) is 77.4 cm³/mol. The predicted octanol–water partition coefficient (Wildman–Crippen LogP) is 2.70. The standard InChI is InChI=1S/C16H19NO3/c1-16(2,13-8-9-13)17-15(20)12-6-3-11(4-7-12)5-10-14(18)19/h3-7,10,13H,8-9H2,1-2H3,(H,17,20)(H,18,19)/b10-5+. The summed E-state index contributed by atoms with van der Waals surface area (Å²) in [5.41, 5.74) is 1.18. The summed E-state index contributed by atoms with van der Waals surface area (Å²) in [6.07, 6.45) is 4.92. The highest BCUT2D eigenvalue weighted by Crippen LogP contribution is 2.39. The van der Waals surface area contributed by atoms with E-state index in [9.17, 15) is 9.59 Å². The van der Waals surface area contributed by atoms with Gasteiger partial charge in [-0.3, -0.25) is 4.79 Å². The van der Waals surface area contributed by atoms with Gasteiger partial charge >= 0.3 is 5.97 Å². The average Bonchev–Trinajstić information content (AvgIpc) is 3.21. The second kappa shape index (κ2) is 5.49. The second-order valence-electron chi connectivity index (χ2n) is 5.74. The number of carboxylic acids is 1. The summed E-state index contributed by atoms with van der Waals surface area (Å²) >= 11 is 0. The number of hydrogen-bond donors (Lipinski definition) is 2. The van der Waals surface area contributed by atoms with Crippen molar-refractivity contribution in [3.63, 3.8) is 0 Å². The summed E-state index contributed by atoms with van der Waals surface area (Å²) in [6, 6.07) is 6.89. The van der Waals surface area contributed by atoms with Gasteiger partial charge in [-0.25, -0.2) is 4.79 Å². The second-order valence-corrected chi connectivity index (χ2v) is 5.74. The van der Waals surface area contributed by atoms with Crippen LogP contribution >= 0.6 is 0 Å². The lowest BCUT2D eigenvalue weighted by atomic mass is 9.98. The molecule has 1 amide bonds. The Morgan fingerprint density at radius 2 is 1.85 bits per heavy atom. The van der Waals surface area contributed by atoms with Crippen LogP contribution in [0.3, 0.4) is 0 Å². The zero-order valence-electron chi connectivity index (χ0n) is 11.7. The quantitative estimate of drug-likeness (QED) is 0.811. The third-order valence-corrected chi connectivity index (χ3v) is 3.62. The zero-order chi connectivity index (χ0) is 14.8. The molecule has 2 N–H and O–H groups in total. The number of amides is 1. The van der Waals surface area contributed by atoms with Gasteiger partial charge in [0.15, 0.2) is 0 Å². The molecule has 0 radical (unpaired) electrons. The number of carboxylic acid groups (broad SMARTS) is 1. The van der Waals surface area contributed by atoms with Crippen LogP contribution < -0.4 is 5.32 Å². The van der Waals surface area contributed by atoms with Gasteiger partial charge in [-0.05, 0) is 56.4 Å². The van der Waals surface area contributed by atoms with E-state index in [2.05, 4.69) is 5.32 Å². The van der Waals surface area contributed by atoms with Gasteiger partial charge in [0.1, 0.15) is 0 Å². The maximum Gasteiger partial charge on any atom is 0.328 e. The third-order valence-electron chi connectivity index (χ3n) is 3.62. The van der Waals surface area contributed by atoms with Crippen LogP contribution in [-0.4, -0.2) is 22.5 Å². The molecule has 0 aromatic heterocycles. The summed E-state index contributed by atoms with van der Waals surface area (Å²) in [7, 11) is 0. The Morgan fingerprint density at radius 1 is 1.25 bits per heavy atom. The highest BCUT2D eigenvalue weighted by molar-refractivity contribution is 5.95. The summed E-state index contributed by atoms with van der Waals surface area (Å²) in [4.78, 5) is 22.6. The van der Waals surface area contributed by atoms with E-state index in [1.807, 2.05) is 13.8 Å². The van der Waals surface area contributed by atoms with Gasteiger partial charge in [-0.15, -0.1) is 0 Å². The Kier molecular flexibility index (Phi) is 3.93. The Bertz CT molecular complexity index is 539. The van der Waals surface area contributed by atoms with Crippen molar-refractivity contribution < 1.29 is 14.7 Å². The molecule has 0 aliphatic heterocycles. The zero-order valence-corrected chi connectivity index (χ0v) is 11.7. The van der Waals surface area contributed by atoms with Gasteiger partial charge in [0.2, 0.25) is 0 Å². The van der Waals surface area contributed by atoms with Crippen LogP contribution in [0.15, 0.2) is 30.3 Å². The van der Waals surface area contributed by atoms with E-state index in [-0.39, 0.29) is 11.4 Å². The summed E-state index contributed by atoms with van der Waals surface area (Å²) in [6.45, 7) is 4.10. The summed E-state index contributed by atoms with van der Waals surface area (Å²) < 4.78 is 0. The van der Waals surface area contributed by atoms with Gasteiger partial charge in [0.25, 0.3) is 5.91 Å². The fourth-order valence-electron chi connectivity index (χ4n) is 2.18. The Morgan fingerprint density at radius 3 is 2.35 bits per heavy atom. The molecule has 0 bridgehead atoms. The van der Waals surface area contributed by atoms with Gasteiger partial charge in [0, 0.05) is 17.2 Å². The monoisotopic (exact) mass is 273 g/mol. The van der Waals surface area contributed by atoms with Crippen molar-refractivity contribution in [2.45, 2.75) is 32.2 Å². The van der Waals surface area contributed by atoms with Crippen molar-refractivity contribution in [2.24, 2.45) is 5.92 Å². The van der Waals surface area contributed by atoms with Crippen molar-refractivity contribution in [1.82, 2.24) is 5.32 Å². The molecule has 1 aromatic carbocycles. The fraction of sp³-hybridized carbons (Fsp3) is 0.375. The number of rotatable bonds is 5. The molecule has 106 valence electrons. The van der Waals surface area contributed by atoms with Crippen LogP contribution in [-0.2, 0) is 4.79 Å². The van der Waals surface area contributed by atoms with E-state index in [4.69, 9.17) is 5.11 Å². The molecule has 1 aliphatic rings. The van der Waals surface area contributed by atoms with E-state index in [0.717, 1.165) is 11.6 Å². The lowest BCUT2D eigenvalue weighted by Gasteiger charge is -2.26. The molecule has 20 heavy (non-hydrogen) atoms. The molecule has 1 saturated carbocycles. The number of aliphatic carboxylic acids is 1. The van der Waals surface area contributed by atoms with Crippen molar-refractivity contribution in [2.75, 3.05) is 0 Å². The van der Waals surface area contributed by atoms with Gasteiger partial charge in [0.05, 0.1) is 0 Å². The van der Waals surface area contributed by atoms with E-state index >= 15 is 0 Å². The number of hydrogen-bond acceptors (Lipinski definition) is 2. The highest BCUT2D eigenvalue weighted by atomic mass is 16.4. The Balaban J connectivity index is 2.02. The molecule has 4 nitrogen and oxygen atoms in total. The average molecular weight is 273 g/mol. The SMILES string of the molecule is CC(C)(NC(=O)c1ccc(/C=C/C(=O)O)cc1)C1CC1. The largest absolute Gasteiger partial charge is 0.478 e.